The molecule has 0 aliphatic carbocycles. The summed E-state index contributed by atoms with van der Waals surface area (Å²) in [6.07, 6.45) is 0.113. The zero-order valence-corrected chi connectivity index (χ0v) is 18.9. The summed E-state index contributed by atoms with van der Waals surface area (Å²) >= 11 is 0. The number of amides is 2. The number of Topliss-reactive ketones (excluding diaryl/α,β-unsaturated/α-hetero) is 1. The first-order valence-electron chi connectivity index (χ1n) is 11.0. The zero-order chi connectivity index (χ0) is 22.5. The Bertz CT molecular complexity index is 787. The second kappa shape index (κ2) is 10.2. The Morgan fingerprint density at radius 3 is 2.32 bits per heavy atom. The molecule has 2 N–H and O–H groups in total. The molecule has 2 aliphatic rings. The lowest BCUT2D eigenvalue weighted by Crippen LogP contribution is -2.53. The minimum absolute atomic E-state index is 0.00692. The number of piperazine rings is 1. The molecule has 0 spiro atoms. The number of rotatable bonds is 7. The topological polar surface area (TPSA) is 91.0 Å². The Hall–Kier alpha value is -2.45. The standard InChI is InChI=1S/C23H34N4O4/c1-15(2)13-19(23(30)25-21-16(3)31-14-20(21)28)24-22(29)17-5-7-18(8-6-17)27-11-9-26(4)10-12-27/h5-8,15-16,19,21H,9-14H2,1-4H3,(H,24,29)(H,25,30)/t16-,19+,21-/m1/s1. The molecule has 8 heteroatoms. The van der Waals surface area contributed by atoms with Crippen molar-refractivity contribution in [3.63, 3.8) is 0 Å². The number of carbonyl (C=O) groups excluding carboxylic acids is 3. The van der Waals surface area contributed by atoms with Gasteiger partial charge in [-0.15, -0.1) is 0 Å². The molecular weight excluding hydrogens is 396 g/mol. The van der Waals surface area contributed by atoms with Crippen molar-refractivity contribution in [3.05, 3.63) is 29.8 Å². The Morgan fingerprint density at radius 2 is 1.77 bits per heavy atom. The number of hydrogen-bond acceptors (Lipinski definition) is 6. The molecule has 0 unspecified atom stereocenters. The lowest BCUT2D eigenvalue weighted by Gasteiger charge is -2.34. The van der Waals surface area contributed by atoms with Gasteiger partial charge in [0.1, 0.15) is 18.7 Å². The van der Waals surface area contributed by atoms with E-state index >= 15 is 0 Å². The van der Waals surface area contributed by atoms with Crippen LogP contribution in [0.5, 0.6) is 0 Å². The summed E-state index contributed by atoms with van der Waals surface area (Å²) in [6.45, 7) is 9.69. The molecule has 2 saturated heterocycles. The van der Waals surface area contributed by atoms with Crippen molar-refractivity contribution in [2.24, 2.45) is 5.92 Å². The highest BCUT2D eigenvalue weighted by Crippen LogP contribution is 2.18. The molecule has 3 atom stereocenters. The summed E-state index contributed by atoms with van der Waals surface area (Å²) in [7, 11) is 2.12. The number of benzene rings is 1. The maximum absolute atomic E-state index is 12.8. The second-order valence-electron chi connectivity index (χ2n) is 8.96. The molecule has 1 aromatic rings. The number of anilines is 1. The van der Waals surface area contributed by atoms with Crippen LogP contribution in [-0.4, -0.2) is 80.5 Å². The monoisotopic (exact) mass is 430 g/mol. The average Bonchev–Trinajstić information content (AvgIpc) is 3.05. The Morgan fingerprint density at radius 1 is 1.13 bits per heavy atom. The number of nitrogens with one attached hydrogen (secondary N) is 2. The molecule has 0 bridgehead atoms. The largest absolute Gasteiger partial charge is 0.369 e. The van der Waals surface area contributed by atoms with E-state index in [9.17, 15) is 14.4 Å². The summed E-state index contributed by atoms with van der Waals surface area (Å²) in [5, 5.41) is 5.61. The van der Waals surface area contributed by atoms with Gasteiger partial charge in [-0.2, -0.15) is 0 Å². The Labute approximate surface area is 184 Å². The van der Waals surface area contributed by atoms with Crippen LogP contribution >= 0.6 is 0 Å². The number of carbonyl (C=O) groups is 3. The first-order valence-corrected chi connectivity index (χ1v) is 11.0. The summed E-state index contributed by atoms with van der Waals surface area (Å²) in [6, 6.07) is 6.11. The van der Waals surface area contributed by atoms with Crippen molar-refractivity contribution in [3.8, 4) is 0 Å². The van der Waals surface area contributed by atoms with E-state index in [0.717, 1.165) is 31.9 Å². The van der Waals surface area contributed by atoms with E-state index in [-0.39, 0.29) is 36.2 Å². The second-order valence-corrected chi connectivity index (χ2v) is 8.96. The smallest absolute Gasteiger partial charge is 0.251 e. The van der Waals surface area contributed by atoms with E-state index in [4.69, 9.17) is 4.74 Å². The van der Waals surface area contributed by atoms with Crippen molar-refractivity contribution < 1.29 is 19.1 Å². The third-order valence-electron chi connectivity index (χ3n) is 5.93. The number of ether oxygens (including phenoxy) is 1. The maximum atomic E-state index is 12.8. The molecule has 2 heterocycles. The minimum Gasteiger partial charge on any atom is -0.369 e. The van der Waals surface area contributed by atoms with Gasteiger partial charge in [0.25, 0.3) is 5.91 Å². The summed E-state index contributed by atoms with van der Waals surface area (Å²) in [5.74, 6) is -0.599. The molecule has 0 aromatic heterocycles. The van der Waals surface area contributed by atoms with Gasteiger partial charge in [0.2, 0.25) is 5.91 Å². The molecule has 2 amide bonds. The summed E-state index contributed by atoms with van der Waals surface area (Å²) in [5.41, 5.74) is 1.60. The summed E-state index contributed by atoms with van der Waals surface area (Å²) in [4.78, 5) is 42.2. The predicted molar refractivity (Wildman–Crippen MR) is 119 cm³/mol. The van der Waals surface area contributed by atoms with Gasteiger partial charge in [-0.1, -0.05) is 13.8 Å². The van der Waals surface area contributed by atoms with Gasteiger partial charge in [-0.25, -0.2) is 0 Å². The third kappa shape index (κ3) is 6.04. The molecule has 3 rings (SSSR count). The lowest BCUT2D eigenvalue weighted by atomic mass is 10.0. The van der Waals surface area contributed by atoms with Gasteiger partial charge in [0.15, 0.2) is 5.78 Å². The lowest BCUT2D eigenvalue weighted by molar-refractivity contribution is -0.127. The molecule has 0 radical (unpaired) electrons. The van der Waals surface area contributed by atoms with Crippen LogP contribution in [0.1, 0.15) is 37.6 Å². The van der Waals surface area contributed by atoms with Crippen LogP contribution in [0.3, 0.4) is 0 Å². The van der Waals surface area contributed by atoms with Crippen molar-refractivity contribution >= 4 is 23.3 Å². The van der Waals surface area contributed by atoms with E-state index in [1.54, 1.807) is 19.1 Å². The summed E-state index contributed by atoms with van der Waals surface area (Å²) < 4.78 is 5.30. The molecule has 8 nitrogen and oxygen atoms in total. The minimum atomic E-state index is -0.717. The van der Waals surface area contributed by atoms with E-state index < -0.39 is 12.1 Å². The molecule has 2 fully saturated rings. The van der Waals surface area contributed by atoms with Crippen LogP contribution in [0.15, 0.2) is 24.3 Å². The van der Waals surface area contributed by atoms with E-state index in [1.165, 1.54) is 0 Å². The highest BCUT2D eigenvalue weighted by Gasteiger charge is 2.35. The van der Waals surface area contributed by atoms with Gasteiger partial charge >= 0.3 is 0 Å². The molecule has 31 heavy (non-hydrogen) atoms. The van der Waals surface area contributed by atoms with E-state index in [0.29, 0.717) is 12.0 Å². The Balaban J connectivity index is 1.63. The maximum Gasteiger partial charge on any atom is 0.251 e. The quantitative estimate of drug-likeness (QED) is 0.672. The van der Waals surface area contributed by atoms with Crippen molar-refractivity contribution in [2.45, 2.75) is 45.4 Å². The van der Waals surface area contributed by atoms with Crippen LogP contribution < -0.4 is 15.5 Å². The van der Waals surface area contributed by atoms with Crippen molar-refractivity contribution in [2.75, 3.05) is 44.7 Å². The van der Waals surface area contributed by atoms with Crippen LogP contribution in [0.25, 0.3) is 0 Å². The fourth-order valence-electron chi connectivity index (χ4n) is 3.95. The molecule has 170 valence electrons. The van der Waals surface area contributed by atoms with Crippen LogP contribution in [0.4, 0.5) is 5.69 Å². The number of ketones is 1. The number of nitrogens with zero attached hydrogens (tertiary/aromatic N) is 2. The first-order chi connectivity index (χ1) is 14.7. The van der Waals surface area contributed by atoms with Gasteiger partial charge in [-0.05, 0) is 50.6 Å². The normalized spacial score (nSPS) is 23.1. The average molecular weight is 431 g/mol. The zero-order valence-electron chi connectivity index (χ0n) is 18.9. The molecule has 0 saturated carbocycles. The van der Waals surface area contributed by atoms with Gasteiger partial charge < -0.3 is 25.2 Å². The van der Waals surface area contributed by atoms with Gasteiger partial charge in [0, 0.05) is 37.4 Å². The van der Waals surface area contributed by atoms with Crippen LogP contribution in [0, 0.1) is 5.92 Å². The van der Waals surface area contributed by atoms with E-state index in [1.807, 2.05) is 26.0 Å². The predicted octanol–water partition coefficient (Wildman–Crippen LogP) is 1.06. The Kier molecular flexibility index (Phi) is 7.67. The van der Waals surface area contributed by atoms with E-state index in [2.05, 4.69) is 27.5 Å². The first kappa shape index (κ1) is 23.2. The fourth-order valence-corrected chi connectivity index (χ4v) is 3.95. The SMILES string of the molecule is CC(C)C[C@H](NC(=O)c1ccc(N2CCN(C)CC2)cc1)C(=O)N[C@H]1C(=O)CO[C@@H]1C. The van der Waals surface area contributed by atoms with Gasteiger partial charge in [0.05, 0.1) is 6.10 Å². The number of likely N-dealkylation sites (N-methyl/N-ethyl adjacent to an activating group) is 1. The molecule has 2 aliphatic heterocycles. The van der Waals surface area contributed by atoms with Crippen molar-refractivity contribution in [1.29, 1.82) is 0 Å². The van der Waals surface area contributed by atoms with Crippen LogP contribution in [0.2, 0.25) is 0 Å². The van der Waals surface area contributed by atoms with Crippen molar-refractivity contribution in [1.82, 2.24) is 15.5 Å². The highest BCUT2D eigenvalue weighted by atomic mass is 16.5. The highest BCUT2D eigenvalue weighted by molar-refractivity contribution is 5.99. The number of hydrogen-bond donors (Lipinski definition) is 2. The third-order valence-corrected chi connectivity index (χ3v) is 5.93. The van der Waals surface area contributed by atoms with Crippen LogP contribution in [-0.2, 0) is 14.3 Å². The molecule has 1 aromatic carbocycles. The fraction of sp³-hybridized carbons (Fsp3) is 0.609. The molecular formula is C23H34N4O4. The van der Waals surface area contributed by atoms with Gasteiger partial charge in [-0.3, -0.25) is 14.4 Å².